The van der Waals surface area contributed by atoms with Gasteiger partial charge in [-0.05, 0) is 42.0 Å². The van der Waals surface area contributed by atoms with Gasteiger partial charge < -0.3 is 15.4 Å². The Kier molecular flexibility index (Phi) is 3.11. The summed E-state index contributed by atoms with van der Waals surface area (Å²) in [5.41, 5.74) is 10.2. The lowest BCUT2D eigenvalue weighted by Gasteiger charge is -2.22. The highest BCUT2D eigenvalue weighted by Crippen LogP contribution is 2.34. The SMILES string of the molecule is CN(c1ccc2c(c1)CCO2)c1ccc(Br)cc1N. The fourth-order valence-electron chi connectivity index (χ4n) is 2.35. The molecule has 98 valence electrons. The zero-order chi connectivity index (χ0) is 13.4. The second kappa shape index (κ2) is 4.78. The normalized spacial score (nSPS) is 12.9. The van der Waals surface area contributed by atoms with Gasteiger partial charge in [-0.1, -0.05) is 15.9 Å². The van der Waals surface area contributed by atoms with E-state index in [1.807, 2.05) is 31.3 Å². The highest BCUT2D eigenvalue weighted by Gasteiger charge is 2.15. The van der Waals surface area contributed by atoms with Gasteiger partial charge in [0.1, 0.15) is 5.75 Å². The van der Waals surface area contributed by atoms with Crippen LogP contribution in [-0.4, -0.2) is 13.7 Å². The summed E-state index contributed by atoms with van der Waals surface area (Å²) < 4.78 is 6.52. The molecule has 0 radical (unpaired) electrons. The summed E-state index contributed by atoms with van der Waals surface area (Å²) in [7, 11) is 2.02. The second-order valence-corrected chi connectivity index (χ2v) is 5.57. The van der Waals surface area contributed by atoms with Gasteiger partial charge in [0.2, 0.25) is 0 Å². The maximum atomic E-state index is 6.08. The van der Waals surface area contributed by atoms with Crippen molar-refractivity contribution in [3.8, 4) is 5.75 Å². The molecular formula is C15H15BrN2O. The summed E-state index contributed by atoms with van der Waals surface area (Å²) in [5.74, 6) is 1.00. The van der Waals surface area contributed by atoms with Crippen molar-refractivity contribution < 1.29 is 4.74 Å². The van der Waals surface area contributed by atoms with Crippen molar-refractivity contribution in [1.82, 2.24) is 0 Å². The van der Waals surface area contributed by atoms with E-state index < -0.39 is 0 Å². The first-order chi connectivity index (χ1) is 9.15. The zero-order valence-corrected chi connectivity index (χ0v) is 12.3. The average molecular weight is 319 g/mol. The van der Waals surface area contributed by atoms with E-state index >= 15 is 0 Å². The molecule has 3 rings (SSSR count). The number of hydrogen-bond donors (Lipinski definition) is 1. The van der Waals surface area contributed by atoms with Crippen molar-refractivity contribution in [3.63, 3.8) is 0 Å². The van der Waals surface area contributed by atoms with Gasteiger partial charge in [0.05, 0.1) is 18.0 Å². The number of fused-ring (bicyclic) bond motifs is 1. The predicted octanol–water partition coefficient (Wildman–Crippen LogP) is 3.73. The highest BCUT2D eigenvalue weighted by molar-refractivity contribution is 9.10. The van der Waals surface area contributed by atoms with Crippen LogP contribution in [0.1, 0.15) is 5.56 Å². The smallest absolute Gasteiger partial charge is 0.122 e. The fourth-order valence-corrected chi connectivity index (χ4v) is 2.73. The number of halogens is 1. The Morgan fingerprint density at radius 2 is 2.05 bits per heavy atom. The molecule has 19 heavy (non-hydrogen) atoms. The number of anilines is 3. The highest BCUT2D eigenvalue weighted by atomic mass is 79.9. The first-order valence-electron chi connectivity index (χ1n) is 6.19. The van der Waals surface area contributed by atoms with Crippen LogP contribution >= 0.6 is 15.9 Å². The Morgan fingerprint density at radius 1 is 1.21 bits per heavy atom. The molecule has 1 aliphatic heterocycles. The fraction of sp³-hybridized carbons (Fsp3) is 0.200. The molecule has 0 amide bonds. The summed E-state index contributed by atoms with van der Waals surface area (Å²) in [5, 5.41) is 0. The van der Waals surface area contributed by atoms with E-state index in [1.54, 1.807) is 0 Å². The summed E-state index contributed by atoms with van der Waals surface area (Å²) in [6.07, 6.45) is 0.979. The van der Waals surface area contributed by atoms with Crippen LogP contribution in [-0.2, 0) is 6.42 Å². The van der Waals surface area contributed by atoms with E-state index in [0.29, 0.717) is 0 Å². The van der Waals surface area contributed by atoms with Gasteiger partial charge in [-0.2, -0.15) is 0 Å². The van der Waals surface area contributed by atoms with E-state index in [-0.39, 0.29) is 0 Å². The van der Waals surface area contributed by atoms with Crippen molar-refractivity contribution in [2.75, 3.05) is 24.3 Å². The Labute approximate surface area is 121 Å². The molecule has 0 fully saturated rings. The number of hydrogen-bond acceptors (Lipinski definition) is 3. The van der Waals surface area contributed by atoms with Gasteiger partial charge in [-0.15, -0.1) is 0 Å². The molecule has 0 saturated carbocycles. The van der Waals surface area contributed by atoms with Crippen molar-refractivity contribution >= 4 is 33.0 Å². The minimum atomic E-state index is 0.758. The third kappa shape index (κ3) is 2.28. The summed E-state index contributed by atoms with van der Waals surface area (Å²) in [6.45, 7) is 0.781. The number of nitrogen functional groups attached to an aromatic ring is 1. The van der Waals surface area contributed by atoms with Gasteiger partial charge in [0.25, 0.3) is 0 Å². The van der Waals surface area contributed by atoms with Crippen molar-refractivity contribution in [2.45, 2.75) is 6.42 Å². The van der Waals surface area contributed by atoms with Crippen molar-refractivity contribution in [2.24, 2.45) is 0 Å². The molecule has 0 atom stereocenters. The van der Waals surface area contributed by atoms with Crippen molar-refractivity contribution in [1.29, 1.82) is 0 Å². The van der Waals surface area contributed by atoms with Gasteiger partial charge >= 0.3 is 0 Å². The molecule has 2 aromatic carbocycles. The van der Waals surface area contributed by atoms with Gasteiger partial charge in [0.15, 0.2) is 0 Å². The van der Waals surface area contributed by atoms with Gasteiger partial charge in [-0.25, -0.2) is 0 Å². The molecule has 4 heteroatoms. The van der Waals surface area contributed by atoms with Crippen LogP contribution in [0.4, 0.5) is 17.1 Å². The molecule has 2 aromatic rings. The van der Waals surface area contributed by atoms with Crippen LogP contribution in [0, 0.1) is 0 Å². The van der Waals surface area contributed by atoms with Gasteiger partial charge in [-0.3, -0.25) is 0 Å². The Hall–Kier alpha value is -1.68. The topological polar surface area (TPSA) is 38.5 Å². The molecule has 0 unspecified atom stereocenters. The van der Waals surface area contributed by atoms with E-state index in [1.165, 1.54) is 5.56 Å². The van der Waals surface area contributed by atoms with Crippen LogP contribution in [0.5, 0.6) is 5.75 Å². The van der Waals surface area contributed by atoms with E-state index in [0.717, 1.165) is 40.3 Å². The molecule has 0 spiro atoms. The number of nitrogens with two attached hydrogens (primary N) is 1. The van der Waals surface area contributed by atoms with E-state index in [2.05, 4.69) is 33.0 Å². The van der Waals surface area contributed by atoms with Crippen molar-refractivity contribution in [3.05, 3.63) is 46.4 Å². The summed E-state index contributed by atoms with van der Waals surface area (Å²) >= 11 is 3.43. The molecule has 1 heterocycles. The molecule has 1 aliphatic rings. The number of benzene rings is 2. The molecule has 2 N–H and O–H groups in total. The lowest BCUT2D eigenvalue weighted by atomic mass is 10.1. The molecule has 0 saturated heterocycles. The number of nitrogens with zero attached hydrogens (tertiary/aromatic N) is 1. The van der Waals surface area contributed by atoms with Crippen LogP contribution in [0.3, 0.4) is 0 Å². The van der Waals surface area contributed by atoms with Crippen LogP contribution in [0.25, 0.3) is 0 Å². The number of rotatable bonds is 2. The van der Waals surface area contributed by atoms with Crippen LogP contribution < -0.4 is 15.4 Å². The largest absolute Gasteiger partial charge is 0.493 e. The summed E-state index contributed by atoms with van der Waals surface area (Å²) in [6, 6.07) is 12.2. The molecule has 3 nitrogen and oxygen atoms in total. The maximum absolute atomic E-state index is 6.08. The zero-order valence-electron chi connectivity index (χ0n) is 10.7. The molecule has 0 bridgehead atoms. The first-order valence-corrected chi connectivity index (χ1v) is 6.99. The molecule has 0 aliphatic carbocycles. The molecular weight excluding hydrogens is 304 g/mol. The standard InChI is InChI=1S/C15H15BrN2O/c1-18(14-4-2-11(16)9-13(14)17)12-3-5-15-10(8-12)6-7-19-15/h2-5,8-9H,6-7,17H2,1H3. The first kappa shape index (κ1) is 12.4. The maximum Gasteiger partial charge on any atom is 0.122 e. The third-order valence-corrected chi connectivity index (χ3v) is 3.90. The quantitative estimate of drug-likeness (QED) is 0.857. The summed E-state index contributed by atoms with van der Waals surface area (Å²) in [4.78, 5) is 2.10. The van der Waals surface area contributed by atoms with Gasteiger partial charge in [0, 0.05) is 23.6 Å². The average Bonchev–Trinajstić information content (AvgIpc) is 2.85. The van der Waals surface area contributed by atoms with E-state index in [9.17, 15) is 0 Å². The Balaban J connectivity index is 1.97. The second-order valence-electron chi connectivity index (χ2n) is 4.65. The minimum absolute atomic E-state index is 0.758. The minimum Gasteiger partial charge on any atom is -0.493 e. The van der Waals surface area contributed by atoms with Crippen LogP contribution in [0.15, 0.2) is 40.9 Å². The van der Waals surface area contributed by atoms with Crippen LogP contribution in [0.2, 0.25) is 0 Å². The lowest BCUT2D eigenvalue weighted by molar-refractivity contribution is 0.357. The Morgan fingerprint density at radius 3 is 2.84 bits per heavy atom. The number of ether oxygens (including phenoxy) is 1. The Bertz CT molecular complexity index is 628. The lowest BCUT2D eigenvalue weighted by Crippen LogP contribution is -2.11. The predicted molar refractivity (Wildman–Crippen MR) is 82.3 cm³/mol. The molecule has 0 aromatic heterocycles. The van der Waals surface area contributed by atoms with E-state index in [4.69, 9.17) is 10.5 Å². The monoisotopic (exact) mass is 318 g/mol. The third-order valence-electron chi connectivity index (χ3n) is 3.41.